The van der Waals surface area contributed by atoms with Gasteiger partial charge in [0, 0.05) is 23.4 Å². The number of aromatic amines is 3. The normalized spacial score (nSPS) is 10.9. The van der Waals surface area contributed by atoms with Crippen molar-refractivity contribution in [3.63, 3.8) is 0 Å². The largest absolute Gasteiger partial charge is 0.356 e. The van der Waals surface area contributed by atoms with E-state index in [9.17, 15) is 9.59 Å². The summed E-state index contributed by atoms with van der Waals surface area (Å²) in [5, 5.41) is 2.71. The van der Waals surface area contributed by atoms with Crippen molar-refractivity contribution >= 4 is 27.9 Å². The Morgan fingerprint density at radius 1 is 1.39 bits per heavy atom. The third-order valence-electron chi connectivity index (χ3n) is 2.19. The van der Waals surface area contributed by atoms with Gasteiger partial charge in [0.05, 0.1) is 5.69 Å². The van der Waals surface area contributed by atoms with Gasteiger partial charge in [-0.3, -0.25) is 4.79 Å². The predicted octanol–water partition coefficient (Wildman–Crippen LogP) is 1.24. The molecule has 2 heterocycles. The molecule has 18 heavy (non-hydrogen) atoms. The predicted molar refractivity (Wildman–Crippen MR) is 71.3 cm³/mol. The zero-order chi connectivity index (χ0) is 13.0. The molecule has 0 aliphatic rings. The van der Waals surface area contributed by atoms with Crippen molar-refractivity contribution in [1.29, 1.82) is 0 Å². The van der Waals surface area contributed by atoms with Crippen LogP contribution in [0.25, 0.3) is 6.08 Å². The van der Waals surface area contributed by atoms with Gasteiger partial charge in [0.25, 0.3) is 5.91 Å². The fraction of sp³-hybridized carbons (Fsp3) is 0.0909. The van der Waals surface area contributed by atoms with Crippen LogP contribution in [0.2, 0.25) is 0 Å². The van der Waals surface area contributed by atoms with Crippen LogP contribution in [0.3, 0.4) is 0 Å². The molecule has 94 valence electrons. The van der Waals surface area contributed by atoms with E-state index in [-0.39, 0.29) is 11.6 Å². The summed E-state index contributed by atoms with van der Waals surface area (Å²) in [5.74, 6) is -0.187. The Bertz CT molecular complexity index is 623. The second-order valence-corrected chi connectivity index (χ2v) is 4.46. The molecule has 0 bridgehead atoms. The molecule has 0 saturated heterocycles. The molecule has 0 radical (unpaired) electrons. The highest BCUT2D eigenvalue weighted by Gasteiger charge is 2.05. The van der Waals surface area contributed by atoms with Crippen LogP contribution in [0.15, 0.2) is 33.8 Å². The molecule has 2 rings (SSSR count). The summed E-state index contributed by atoms with van der Waals surface area (Å²) in [5.41, 5.74) is 0.900. The van der Waals surface area contributed by atoms with Crippen LogP contribution in [0.1, 0.15) is 16.2 Å². The Labute approximate surface area is 111 Å². The molecular formula is C11H11BrN4O2. The highest BCUT2D eigenvalue weighted by molar-refractivity contribution is 9.10. The van der Waals surface area contributed by atoms with Crippen molar-refractivity contribution < 1.29 is 4.79 Å². The standard InChI is InChI=1S/C11H11BrN4O2/c12-7-4-9(14-5-7)10(17)13-3-1-2-8-6-15-11(18)16-8/h1-2,4-6,14H,3H2,(H,13,17)(H2,15,16,18)/b2-1+. The van der Waals surface area contributed by atoms with Gasteiger partial charge in [-0.15, -0.1) is 0 Å². The number of H-pyrrole nitrogens is 3. The van der Waals surface area contributed by atoms with Crippen LogP contribution in [0.4, 0.5) is 0 Å². The zero-order valence-electron chi connectivity index (χ0n) is 9.29. The van der Waals surface area contributed by atoms with Crippen LogP contribution >= 0.6 is 15.9 Å². The highest BCUT2D eigenvalue weighted by atomic mass is 79.9. The first-order valence-electron chi connectivity index (χ1n) is 5.21. The second kappa shape index (κ2) is 5.54. The first-order chi connectivity index (χ1) is 8.65. The third-order valence-corrected chi connectivity index (χ3v) is 2.64. The molecule has 0 aromatic carbocycles. The molecule has 2 aromatic heterocycles. The molecule has 0 spiro atoms. The molecule has 6 nitrogen and oxygen atoms in total. The van der Waals surface area contributed by atoms with Crippen molar-refractivity contribution in [2.45, 2.75) is 0 Å². The van der Waals surface area contributed by atoms with Crippen LogP contribution in [0, 0.1) is 0 Å². The van der Waals surface area contributed by atoms with Crippen LogP contribution in [-0.4, -0.2) is 27.4 Å². The van der Waals surface area contributed by atoms with Crippen molar-refractivity contribution in [3.8, 4) is 0 Å². The minimum Gasteiger partial charge on any atom is -0.356 e. The summed E-state index contributed by atoms with van der Waals surface area (Å²) in [6.45, 7) is 0.378. The summed E-state index contributed by atoms with van der Waals surface area (Å²) < 4.78 is 0.827. The number of nitrogens with one attached hydrogen (secondary N) is 4. The Kier molecular flexibility index (Phi) is 3.83. The lowest BCUT2D eigenvalue weighted by atomic mass is 10.4. The number of imidazole rings is 1. The molecule has 0 saturated carbocycles. The van der Waals surface area contributed by atoms with Gasteiger partial charge in [-0.05, 0) is 28.1 Å². The monoisotopic (exact) mass is 310 g/mol. The van der Waals surface area contributed by atoms with Gasteiger partial charge in [0.1, 0.15) is 5.69 Å². The van der Waals surface area contributed by atoms with Gasteiger partial charge in [0.15, 0.2) is 0 Å². The smallest absolute Gasteiger partial charge is 0.323 e. The maximum absolute atomic E-state index is 11.6. The first-order valence-corrected chi connectivity index (χ1v) is 6.01. The number of halogens is 1. The third kappa shape index (κ3) is 3.24. The Hall–Kier alpha value is -2.02. The maximum atomic E-state index is 11.6. The van der Waals surface area contributed by atoms with E-state index in [1.54, 1.807) is 30.6 Å². The average molecular weight is 311 g/mol. The van der Waals surface area contributed by atoms with E-state index in [1.165, 1.54) is 0 Å². The lowest BCUT2D eigenvalue weighted by Gasteiger charge is -1.98. The number of hydrogen-bond donors (Lipinski definition) is 4. The molecule has 0 atom stereocenters. The zero-order valence-corrected chi connectivity index (χ0v) is 10.9. The number of aromatic nitrogens is 3. The Balaban J connectivity index is 1.83. The summed E-state index contributed by atoms with van der Waals surface area (Å²) >= 11 is 3.25. The fourth-order valence-electron chi connectivity index (χ4n) is 1.37. The molecule has 1 amide bonds. The molecule has 4 N–H and O–H groups in total. The van der Waals surface area contributed by atoms with Crippen LogP contribution < -0.4 is 11.0 Å². The number of carbonyl (C=O) groups excluding carboxylic acids is 1. The number of hydrogen-bond acceptors (Lipinski definition) is 2. The first kappa shape index (κ1) is 12.4. The van der Waals surface area contributed by atoms with Gasteiger partial charge in [-0.25, -0.2) is 4.79 Å². The van der Waals surface area contributed by atoms with Gasteiger partial charge >= 0.3 is 5.69 Å². The number of amides is 1. The number of carbonyl (C=O) groups is 1. The van der Waals surface area contributed by atoms with Crippen molar-refractivity contribution in [2.75, 3.05) is 6.54 Å². The minimum absolute atomic E-state index is 0.187. The van der Waals surface area contributed by atoms with E-state index < -0.39 is 0 Å². The van der Waals surface area contributed by atoms with E-state index in [2.05, 4.69) is 36.2 Å². The summed E-state index contributed by atoms with van der Waals surface area (Å²) in [4.78, 5) is 30.3. The molecular weight excluding hydrogens is 300 g/mol. The van der Waals surface area contributed by atoms with Crippen molar-refractivity contribution in [1.82, 2.24) is 20.3 Å². The molecule has 7 heteroatoms. The summed E-state index contributed by atoms with van der Waals surface area (Å²) in [6.07, 6.45) is 6.70. The maximum Gasteiger partial charge on any atom is 0.323 e. The van der Waals surface area contributed by atoms with Gasteiger partial charge < -0.3 is 20.3 Å². The Morgan fingerprint density at radius 3 is 2.83 bits per heavy atom. The highest BCUT2D eigenvalue weighted by Crippen LogP contribution is 2.10. The SMILES string of the molecule is O=C(NC/C=C/c1c[nH]c(=O)[nH]1)c1cc(Br)c[nH]1. The average Bonchev–Trinajstić information content (AvgIpc) is 2.93. The van der Waals surface area contributed by atoms with Gasteiger partial charge in [-0.1, -0.05) is 6.08 Å². The molecule has 2 aromatic rings. The van der Waals surface area contributed by atoms with Crippen LogP contribution in [-0.2, 0) is 0 Å². The van der Waals surface area contributed by atoms with Gasteiger partial charge in [0.2, 0.25) is 0 Å². The van der Waals surface area contributed by atoms with E-state index in [4.69, 9.17) is 0 Å². The van der Waals surface area contributed by atoms with Crippen LogP contribution in [0.5, 0.6) is 0 Å². The Morgan fingerprint density at radius 2 is 2.22 bits per heavy atom. The lowest BCUT2D eigenvalue weighted by Crippen LogP contribution is -2.23. The molecule has 0 unspecified atom stereocenters. The summed E-state index contributed by atoms with van der Waals surface area (Å²) in [6, 6.07) is 1.70. The lowest BCUT2D eigenvalue weighted by molar-refractivity contribution is 0.0953. The topological polar surface area (TPSA) is 93.5 Å². The number of rotatable bonds is 4. The fourth-order valence-corrected chi connectivity index (χ4v) is 1.71. The summed E-state index contributed by atoms with van der Waals surface area (Å²) in [7, 11) is 0. The van der Waals surface area contributed by atoms with E-state index in [1.807, 2.05) is 0 Å². The molecule has 0 fully saturated rings. The van der Waals surface area contributed by atoms with E-state index in [0.29, 0.717) is 17.9 Å². The molecule has 0 aliphatic carbocycles. The quantitative estimate of drug-likeness (QED) is 0.684. The van der Waals surface area contributed by atoms with Crippen molar-refractivity contribution in [3.05, 3.63) is 50.9 Å². The minimum atomic E-state index is -0.255. The molecule has 0 aliphatic heterocycles. The van der Waals surface area contributed by atoms with Crippen molar-refractivity contribution in [2.24, 2.45) is 0 Å². The van der Waals surface area contributed by atoms with Gasteiger partial charge in [-0.2, -0.15) is 0 Å². The second-order valence-electron chi connectivity index (χ2n) is 3.54. The van der Waals surface area contributed by atoms with E-state index in [0.717, 1.165) is 4.47 Å². The van der Waals surface area contributed by atoms with E-state index >= 15 is 0 Å².